The number of thiophene rings is 2. The summed E-state index contributed by atoms with van der Waals surface area (Å²) in [6.07, 6.45) is 4.93. The number of rotatable bonds is 6. The van der Waals surface area contributed by atoms with Crippen LogP contribution in [-0.2, 0) is 0 Å². The number of aryl methyl sites for hydroxylation is 1. The van der Waals surface area contributed by atoms with Crippen molar-refractivity contribution < 1.29 is 9.90 Å². The van der Waals surface area contributed by atoms with Gasteiger partial charge in [0, 0.05) is 42.7 Å². The molecule has 4 rings (SSSR count). The molecule has 0 radical (unpaired) electrons. The van der Waals surface area contributed by atoms with E-state index in [9.17, 15) is 9.90 Å². The SMILES string of the molecule is C=CC(C)CN1C(=O)c2c(-c3ccc(/C=C/C)s3)ccc(-c3ccc(C)s3)c2C1O. The van der Waals surface area contributed by atoms with Gasteiger partial charge < -0.3 is 10.0 Å². The molecule has 3 nitrogen and oxygen atoms in total. The third-order valence-electron chi connectivity index (χ3n) is 5.39. The van der Waals surface area contributed by atoms with Crippen LogP contribution in [0.3, 0.4) is 0 Å². The third kappa shape index (κ3) is 3.58. The van der Waals surface area contributed by atoms with Crippen molar-refractivity contribution in [2.75, 3.05) is 6.54 Å². The summed E-state index contributed by atoms with van der Waals surface area (Å²) in [4.78, 5) is 19.5. The number of hydrogen-bond acceptors (Lipinski definition) is 4. The van der Waals surface area contributed by atoms with Gasteiger partial charge in [0.25, 0.3) is 5.91 Å². The van der Waals surface area contributed by atoms with Crippen LogP contribution in [0.5, 0.6) is 0 Å². The molecule has 1 aromatic carbocycles. The van der Waals surface area contributed by atoms with Gasteiger partial charge >= 0.3 is 0 Å². The number of benzene rings is 1. The van der Waals surface area contributed by atoms with Crippen LogP contribution in [-0.4, -0.2) is 22.5 Å². The van der Waals surface area contributed by atoms with Crippen LogP contribution in [0.2, 0.25) is 0 Å². The Morgan fingerprint density at radius 2 is 1.83 bits per heavy atom. The molecular weight excluding hydrogens is 410 g/mol. The number of allylic oxidation sites excluding steroid dienone is 1. The third-order valence-corrected chi connectivity index (χ3v) is 7.51. The maximum atomic E-state index is 13.5. The zero-order valence-electron chi connectivity index (χ0n) is 17.4. The summed E-state index contributed by atoms with van der Waals surface area (Å²) >= 11 is 3.33. The number of fused-ring (bicyclic) bond motifs is 1. The first kappa shape index (κ1) is 20.8. The van der Waals surface area contributed by atoms with E-state index in [0.29, 0.717) is 12.1 Å². The van der Waals surface area contributed by atoms with Gasteiger partial charge in [-0.15, -0.1) is 29.3 Å². The Morgan fingerprint density at radius 3 is 2.50 bits per heavy atom. The summed E-state index contributed by atoms with van der Waals surface area (Å²) in [5.41, 5.74) is 3.17. The molecule has 5 heteroatoms. The van der Waals surface area contributed by atoms with Crippen molar-refractivity contribution in [2.24, 2.45) is 5.92 Å². The van der Waals surface area contributed by atoms with Gasteiger partial charge in [-0.05, 0) is 50.1 Å². The molecule has 1 aliphatic rings. The van der Waals surface area contributed by atoms with Crippen LogP contribution in [0.4, 0.5) is 0 Å². The lowest BCUT2D eigenvalue weighted by molar-refractivity contribution is 0.0144. The highest BCUT2D eigenvalue weighted by atomic mass is 32.1. The van der Waals surface area contributed by atoms with E-state index in [1.807, 2.05) is 38.1 Å². The fraction of sp³-hybridized carbons (Fsp3) is 0.240. The molecule has 0 aliphatic carbocycles. The first-order chi connectivity index (χ1) is 14.4. The molecule has 0 saturated heterocycles. The molecule has 154 valence electrons. The standard InChI is InChI=1S/C25H25NO2S2/c1-5-7-17-9-13-21(30-17)19-11-10-18(20-12-8-16(4)29-20)22-23(19)25(28)26(24(22)27)14-15(3)6-2/h5-13,15,24,27H,2,14H2,1,3-4H3/b7-5+. The Bertz CT molecular complexity index is 1140. The molecule has 0 bridgehead atoms. The van der Waals surface area contributed by atoms with E-state index in [-0.39, 0.29) is 11.8 Å². The Hall–Kier alpha value is -2.47. The Kier molecular flexibility index (Phi) is 5.78. The van der Waals surface area contributed by atoms with Crippen LogP contribution in [0.25, 0.3) is 27.0 Å². The minimum atomic E-state index is -0.956. The highest BCUT2D eigenvalue weighted by molar-refractivity contribution is 7.16. The minimum absolute atomic E-state index is 0.0943. The normalized spacial score (nSPS) is 17.0. The van der Waals surface area contributed by atoms with Crippen molar-refractivity contribution in [1.82, 2.24) is 4.90 Å². The summed E-state index contributed by atoms with van der Waals surface area (Å²) in [5.74, 6) is -0.0193. The zero-order valence-corrected chi connectivity index (χ0v) is 19.0. The molecule has 2 atom stereocenters. The van der Waals surface area contributed by atoms with Crippen molar-refractivity contribution in [2.45, 2.75) is 27.0 Å². The van der Waals surface area contributed by atoms with Crippen LogP contribution in [0.15, 0.2) is 55.1 Å². The summed E-state index contributed by atoms with van der Waals surface area (Å²) in [6.45, 7) is 10.3. The smallest absolute Gasteiger partial charge is 0.257 e. The number of carbonyl (C=O) groups is 1. The van der Waals surface area contributed by atoms with Crippen molar-refractivity contribution in [3.63, 3.8) is 0 Å². The van der Waals surface area contributed by atoms with Gasteiger partial charge in [-0.2, -0.15) is 0 Å². The lowest BCUT2D eigenvalue weighted by Crippen LogP contribution is -2.31. The van der Waals surface area contributed by atoms with E-state index in [2.05, 4.69) is 43.8 Å². The van der Waals surface area contributed by atoms with Gasteiger partial charge in [-0.25, -0.2) is 0 Å². The van der Waals surface area contributed by atoms with E-state index < -0.39 is 6.23 Å². The number of carbonyl (C=O) groups excluding carboxylic acids is 1. The second kappa shape index (κ2) is 8.34. The molecule has 1 amide bonds. The van der Waals surface area contributed by atoms with E-state index in [4.69, 9.17) is 0 Å². The second-order valence-electron chi connectivity index (χ2n) is 7.61. The molecular formula is C25H25NO2S2. The van der Waals surface area contributed by atoms with Crippen LogP contribution < -0.4 is 0 Å². The molecule has 3 heterocycles. The summed E-state index contributed by atoms with van der Waals surface area (Å²) in [7, 11) is 0. The number of nitrogens with zero attached hydrogens (tertiary/aromatic N) is 1. The highest BCUT2D eigenvalue weighted by Gasteiger charge is 2.40. The molecule has 0 saturated carbocycles. The van der Waals surface area contributed by atoms with Crippen LogP contribution >= 0.6 is 22.7 Å². The van der Waals surface area contributed by atoms with Crippen molar-refractivity contribution in [1.29, 1.82) is 0 Å². The predicted octanol–water partition coefficient (Wildman–Crippen LogP) is 6.75. The van der Waals surface area contributed by atoms with Gasteiger partial charge in [0.05, 0.1) is 5.56 Å². The number of amides is 1. The fourth-order valence-electron chi connectivity index (χ4n) is 3.85. The fourth-order valence-corrected chi connectivity index (χ4v) is 5.76. The summed E-state index contributed by atoms with van der Waals surface area (Å²) in [6, 6.07) is 12.3. The molecule has 0 fully saturated rings. The van der Waals surface area contributed by atoms with Crippen LogP contribution in [0, 0.1) is 12.8 Å². The number of aliphatic hydroxyl groups excluding tert-OH is 1. The van der Waals surface area contributed by atoms with Crippen LogP contribution in [0.1, 0.15) is 45.8 Å². The minimum Gasteiger partial charge on any atom is -0.369 e. The summed E-state index contributed by atoms with van der Waals surface area (Å²) < 4.78 is 0. The maximum Gasteiger partial charge on any atom is 0.257 e. The molecule has 2 aromatic heterocycles. The van der Waals surface area contributed by atoms with E-state index >= 15 is 0 Å². The zero-order chi connectivity index (χ0) is 21.4. The highest BCUT2D eigenvalue weighted by Crippen LogP contribution is 2.46. The largest absolute Gasteiger partial charge is 0.369 e. The van der Waals surface area contributed by atoms with Gasteiger partial charge in [0.15, 0.2) is 6.23 Å². The van der Waals surface area contributed by atoms with E-state index in [0.717, 1.165) is 31.3 Å². The molecule has 1 N–H and O–H groups in total. The van der Waals surface area contributed by atoms with Crippen molar-refractivity contribution >= 4 is 34.7 Å². The topological polar surface area (TPSA) is 40.5 Å². The quantitative estimate of drug-likeness (QED) is 0.435. The summed E-state index contributed by atoms with van der Waals surface area (Å²) in [5, 5.41) is 11.2. The van der Waals surface area contributed by atoms with Gasteiger partial charge in [-0.1, -0.05) is 31.2 Å². The molecule has 0 spiro atoms. The first-order valence-corrected chi connectivity index (χ1v) is 11.7. The predicted molar refractivity (Wildman–Crippen MR) is 128 cm³/mol. The Balaban J connectivity index is 1.90. The Morgan fingerprint density at radius 1 is 1.13 bits per heavy atom. The lowest BCUT2D eigenvalue weighted by Gasteiger charge is -2.23. The van der Waals surface area contributed by atoms with Crippen molar-refractivity contribution in [3.8, 4) is 20.9 Å². The second-order valence-corrected chi connectivity index (χ2v) is 10.0. The molecule has 30 heavy (non-hydrogen) atoms. The molecule has 1 aliphatic heterocycles. The van der Waals surface area contributed by atoms with Gasteiger partial charge in [0.2, 0.25) is 0 Å². The first-order valence-electron chi connectivity index (χ1n) is 10.0. The van der Waals surface area contributed by atoms with Gasteiger partial charge in [-0.3, -0.25) is 4.79 Å². The molecule has 2 unspecified atom stereocenters. The Labute approximate surface area is 185 Å². The maximum absolute atomic E-state index is 13.5. The van der Waals surface area contributed by atoms with E-state index in [1.165, 1.54) is 4.88 Å². The van der Waals surface area contributed by atoms with E-state index in [1.54, 1.807) is 27.6 Å². The average molecular weight is 436 g/mol. The molecule has 3 aromatic rings. The lowest BCUT2D eigenvalue weighted by atomic mass is 9.95. The number of hydrogen-bond donors (Lipinski definition) is 1. The number of aliphatic hydroxyl groups is 1. The average Bonchev–Trinajstić information content (AvgIpc) is 3.43. The monoisotopic (exact) mass is 435 g/mol. The van der Waals surface area contributed by atoms with Gasteiger partial charge in [0.1, 0.15) is 0 Å². The van der Waals surface area contributed by atoms with Crippen molar-refractivity contribution in [3.05, 3.63) is 76.0 Å².